The number of nitrogens with zero attached hydrogens (tertiary/aromatic N) is 1. The maximum absolute atomic E-state index is 13.6. The Morgan fingerprint density at radius 3 is 2.44 bits per heavy atom. The maximum atomic E-state index is 13.6. The van der Waals surface area contributed by atoms with Gasteiger partial charge in [0.2, 0.25) is 10.0 Å². The zero-order valence-electron chi connectivity index (χ0n) is 21.1. The molecular formula is C28H32FN3O3S. The molecule has 1 heterocycles. The zero-order valence-corrected chi connectivity index (χ0v) is 21.9. The third-order valence-electron chi connectivity index (χ3n) is 6.94. The van der Waals surface area contributed by atoms with E-state index in [1.807, 2.05) is 19.1 Å². The van der Waals surface area contributed by atoms with Gasteiger partial charge in [0.15, 0.2) is 0 Å². The van der Waals surface area contributed by atoms with Crippen LogP contribution in [0.1, 0.15) is 43.4 Å². The van der Waals surface area contributed by atoms with E-state index in [1.165, 1.54) is 31.3 Å². The molecule has 0 saturated heterocycles. The number of benzene rings is 3. The van der Waals surface area contributed by atoms with Gasteiger partial charge in [-0.1, -0.05) is 44.5 Å². The summed E-state index contributed by atoms with van der Waals surface area (Å²) in [5.41, 5.74) is 5.44. The highest BCUT2D eigenvalue weighted by molar-refractivity contribution is 7.89. The molecule has 0 aliphatic carbocycles. The van der Waals surface area contributed by atoms with Gasteiger partial charge in [0.25, 0.3) is 0 Å². The topological polar surface area (TPSA) is 78.5 Å². The van der Waals surface area contributed by atoms with E-state index in [4.69, 9.17) is 0 Å². The zero-order chi connectivity index (χ0) is 26.1. The van der Waals surface area contributed by atoms with E-state index in [-0.39, 0.29) is 28.7 Å². The SMILES string of the molecule is CCCC1(C)CN(C(=O)NCc2ccc(S(=O)(=O)NC)cc2)c2ccc(-c3ccc(F)cc3C)cc21. The van der Waals surface area contributed by atoms with Crippen LogP contribution in [0.15, 0.2) is 65.6 Å². The van der Waals surface area contributed by atoms with Crippen LogP contribution >= 0.6 is 0 Å². The smallest absolute Gasteiger partial charge is 0.322 e. The van der Waals surface area contributed by atoms with Crippen molar-refractivity contribution in [2.45, 2.75) is 50.5 Å². The molecule has 0 spiro atoms. The Kier molecular flexibility index (Phi) is 7.20. The summed E-state index contributed by atoms with van der Waals surface area (Å²) in [5, 5.41) is 2.98. The highest BCUT2D eigenvalue weighted by atomic mass is 32.2. The second kappa shape index (κ2) is 10.0. The third kappa shape index (κ3) is 5.01. The number of sulfonamides is 1. The molecule has 1 atom stereocenters. The van der Waals surface area contributed by atoms with Crippen LogP contribution in [0.3, 0.4) is 0 Å². The molecule has 8 heteroatoms. The minimum absolute atomic E-state index is 0.177. The quantitative estimate of drug-likeness (QED) is 0.442. The van der Waals surface area contributed by atoms with Gasteiger partial charge >= 0.3 is 6.03 Å². The van der Waals surface area contributed by atoms with Gasteiger partial charge in [0.1, 0.15) is 5.82 Å². The molecule has 6 nitrogen and oxygen atoms in total. The number of rotatable bonds is 7. The molecule has 3 aromatic rings. The number of fused-ring (bicyclic) bond motifs is 1. The summed E-state index contributed by atoms with van der Waals surface area (Å²) >= 11 is 0. The summed E-state index contributed by atoms with van der Waals surface area (Å²) in [6.07, 6.45) is 1.91. The van der Waals surface area contributed by atoms with E-state index in [0.717, 1.165) is 46.3 Å². The molecule has 0 bridgehead atoms. The monoisotopic (exact) mass is 509 g/mol. The Morgan fingerprint density at radius 1 is 1.08 bits per heavy atom. The molecule has 0 fully saturated rings. The van der Waals surface area contributed by atoms with Crippen molar-refractivity contribution in [1.29, 1.82) is 0 Å². The van der Waals surface area contributed by atoms with Gasteiger partial charge in [0.05, 0.1) is 4.90 Å². The highest BCUT2D eigenvalue weighted by Crippen LogP contribution is 2.45. The van der Waals surface area contributed by atoms with E-state index >= 15 is 0 Å². The molecule has 1 aliphatic rings. The third-order valence-corrected chi connectivity index (χ3v) is 8.37. The molecule has 0 aromatic heterocycles. The van der Waals surface area contributed by atoms with E-state index in [0.29, 0.717) is 6.54 Å². The van der Waals surface area contributed by atoms with E-state index in [2.05, 4.69) is 30.0 Å². The number of halogens is 1. The molecule has 190 valence electrons. The van der Waals surface area contributed by atoms with E-state index < -0.39 is 10.0 Å². The first-order valence-corrected chi connectivity index (χ1v) is 13.6. The van der Waals surface area contributed by atoms with Crippen LogP contribution in [0.5, 0.6) is 0 Å². The second-order valence-electron chi connectivity index (χ2n) is 9.60. The summed E-state index contributed by atoms with van der Waals surface area (Å²) < 4.78 is 39.8. The molecule has 2 amide bonds. The molecular weight excluding hydrogens is 477 g/mol. The molecule has 36 heavy (non-hydrogen) atoms. The number of carbonyl (C=O) groups is 1. The van der Waals surface area contributed by atoms with Crippen molar-refractivity contribution in [2.75, 3.05) is 18.5 Å². The summed E-state index contributed by atoms with van der Waals surface area (Å²) in [5.74, 6) is -0.255. The van der Waals surface area contributed by atoms with Crippen molar-refractivity contribution in [3.63, 3.8) is 0 Å². The minimum Gasteiger partial charge on any atom is -0.334 e. The average molecular weight is 510 g/mol. The standard InChI is InChI=1S/C28H32FN3O3S/c1-5-14-28(3)18-32(27(33)31-17-20-6-10-23(11-7-20)36(34,35)30-4)26-13-8-21(16-25(26)28)24-12-9-22(29)15-19(24)2/h6-13,15-16,30H,5,14,17-18H2,1-4H3,(H,31,33). The number of amides is 2. The number of aryl methyl sites for hydroxylation is 1. The van der Waals surface area contributed by atoms with Crippen LogP contribution in [0, 0.1) is 12.7 Å². The molecule has 2 N–H and O–H groups in total. The van der Waals surface area contributed by atoms with Gasteiger partial charge in [-0.15, -0.1) is 0 Å². The van der Waals surface area contributed by atoms with Gasteiger partial charge in [-0.2, -0.15) is 0 Å². The van der Waals surface area contributed by atoms with Gasteiger partial charge < -0.3 is 5.32 Å². The van der Waals surface area contributed by atoms with E-state index in [1.54, 1.807) is 23.1 Å². The lowest BCUT2D eigenvalue weighted by Gasteiger charge is -2.25. The maximum Gasteiger partial charge on any atom is 0.322 e. The number of hydrogen-bond acceptors (Lipinski definition) is 3. The van der Waals surface area contributed by atoms with Crippen molar-refractivity contribution >= 4 is 21.7 Å². The van der Waals surface area contributed by atoms with Crippen molar-refractivity contribution in [3.8, 4) is 11.1 Å². The van der Waals surface area contributed by atoms with Crippen molar-refractivity contribution < 1.29 is 17.6 Å². The van der Waals surface area contributed by atoms with Gasteiger partial charge in [-0.25, -0.2) is 22.3 Å². The average Bonchev–Trinajstić information content (AvgIpc) is 3.15. The molecule has 1 aliphatic heterocycles. The summed E-state index contributed by atoms with van der Waals surface area (Å²) in [6, 6.07) is 17.1. The molecule has 4 rings (SSSR count). The fourth-order valence-corrected chi connectivity index (χ4v) is 5.75. The number of urea groups is 1. The normalized spacial score (nSPS) is 17.2. The van der Waals surface area contributed by atoms with Crippen molar-refractivity contribution in [3.05, 3.63) is 83.2 Å². The van der Waals surface area contributed by atoms with Gasteiger partial charge in [-0.05, 0) is 84.6 Å². The number of anilines is 1. The largest absolute Gasteiger partial charge is 0.334 e. The molecule has 3 aromatic carbocycles. The van der Waals surface area contributed by atoms with Gasteiger partial charge in [0, 0.05) is 24.2 Å². The lowest BCUT2D eigenvalue weighted by Crippen LogP contribution is -2.41. The number of nitrogens with one attached hydrogen (secondary N) is 2. The minimum atomic E-state index is -3.50. The number of hydrogen-bond donors (Lipinski definition) is 2. The summed E-state index contributed by atoms with van der Waals surface area (Å²) in [4.78, 5) is 15.2. The fraction of sp³-hybridized carbons (Fsp3) is 0.321. The lowest BCUT2D eigenvalue weighted by atomic mass is 9.79. The predicted octanol–water partition coefficient (Wildman–Crippen LogP) is 5.50. The summed E-state index contributed by atoms with van der Waals surface area (Å²) in [6.45, 7) is 7.07. The van der Waals surface area contributed by atoms with Crippen LogP contribution in [-0.2, 0) is 22.0 Å². The van der Waals surface area contributed by atoms with Crippen LogP contribution in [0.2, 0.25) is 0 Å². The van der Waals surface area contributed by atoms with Crippen LogP contribution in [0.4, 0.5) is 14.9 Å². The van der Waals surface area contributed by atoms with Crippen LogP contribution in [0.25, 0.3) is 11.1 Å². The molecule has 0 radical (unpaired) electrons. The first-order chi connectivity index (χ1) is 17.1. The highest BCUT2D eigenvalue weighted by Gasteiger charge is 2.41. The second-order valence-corrected chi connectivity index (χ2v) is 11.5. The Hall–Kier alpha value is -3.23. The van der Waals surface area contributed by atoms with Crippen LogP contribution in [-0.4, -0.2) is 28.0 Å². The van der Waals surface area contributed by atoms with Crippen molar-refractivity contribution in [2.24, 2.45) is 0 Å². The first kappa shape index (κ1) is 25.9. The van der Waals surface area contributed by atoms with Gasteiger partial charge in [-0.3, -0.25) is 4.90 Å². The summed E-state index contributed by atoms with van der Waals surface area (Å²) in [7, 11) is -2.14. The molecule has 1 unspecified atom stereocenters. The Bertz CT molecular complexity index is 1390. The first-order valence-electron chi connectivity index (χ1n) is 12.1. The van der Waals surface area contributed by atoms with Crippen molar-refractivity contribution in [1.82, 2.24) is 10.0 Å². The molecule has 0 saturated carbocycles. The Labute approximate surface area is 212 Å². The Balaban J connectivity index is 1.57. The van der Waals surface area contributed by atoms with Crippen LogP contribution < -0.4 is 14.9 Å². The lowest BCUT2D eigenvalue weighted by molar-refractivity contribution is 0.245. The fourth-order valence-electron chi connectivity index (χ4n) is 5.02. The number of carbonyl (C=O) groups excluding carboxylic acids is 1. The predicted molar refractivity (Wildman–Crippen MR) is 141 cm³/mol. The van der Waals surface area contributed by atoms with E-state index in [9.17, 15) is 17.6 Å². The Morgan fingerprint density at radius 2 is 1.81 bits per heavy atom.